The van der Waals surface area contributed by atoms with Gasteiger partial charge in [-0.2, -0.15) is 0 Å². The average Bonchev–Trinajstić information content (AvgIpc) is 2.51. The van der Waals surface area contributed by atoms with E-state index in [1.165, 1.54) is 29.1 Å². The van der Waals surface area contributed by atoms with Crippen LogP contribution in [0.5, 0.6) is 0 Å². The normalized spacial score (nSPS) is 11.7. The van der Waals surface area contributed by atoms with E-state index in [9.17, 15) is 4.79 Å². The maximum atomic E-state index is 11.7. The minimum atomic E-state index is 0.0140. The van der Waals surface area contributed by atoms with E-state index >= 15 is 0 Å². The van der Waals surface area contributed by atoms with Crippen LogP contribution in [0.1, 0.15) is 30.4 Å². The standard InChI is InChI=1S/C16H24N4OS2/c1-11(17)23-10-14(9-15(21)20-2)13-5-3-12(4-6-13)7-8-22-16(18)19/h3-6,14,17H,7-10H2,1-2H3,(H3,18,19)(H,20,21)/t14-/m0/s1. The molecule has 0 spiro atoms. The largest absolute Gasteiger partial charge is 0.379 e. The smallest absolute Gasteiger partial charge is 0.220 e. The number of carbonyl (C=O) groups is 1. The summed E-state index contributed by atoms with van der Waals surface area (Å²) in [5, 5.41) is 18.1. The summed E-state index contributed by atoms with van der Waals surface area (Å²) in [6.07, 6.45) is 1.29. The molecule has 5 nitrogen and oxygen atoms in total. The SMILES string of the molecule is CNC(=O)C[C@@H](CSC(C)=N)c1ccc(CCSC(=N)N)cc1. The van der Waals surface area contributed by atoms with Crippen molar-refractivity contribution in [3.05, 3.63) is 35.4 Å². The fourth-order valence-corrected chi connectivity index (χ4v) is 3.38. The second-order valence-corrected chi connectivity index (χ2v) is 7.52. The molecule has 0 aliphatic heterocycles. The first-order valence-corrected chi connectivity index (χ1v) is 9.33. The Morgan fingerprint density at radius 1 is 1.26 bits per heavy atom. The molecule has 5 N–H and O–H groups in total. The van der Waals surface area contributed by atoms with Crippen LogP contribution in [-0.2, 0) is 11.2 Å². The molecular weight excluding hydrogens is 328 g/mol. The summed E-state index contributed by atoms with van der Waals surface area (Å²) in [6.45, 7) is 1.76. The summed E-state index contributed by atoms with van der Waals surface area (Å²) in [5.41, 5.74) is 7.63. The van der Waals surface area contributed by atoms with E-state index in [0.717, 1.165) is 23.5 Å². The van der Waals surface area contributed by atoms with Gasteiger partial charge in [-0.25, -0.2) is 0 Å². The van der Waals surface area contributed by atoms with Crippen LogP contribution in [0, 0.1) is 10.8 Å². The number of hydrogen-bond donors (Lipinski definition) is 4. The number of amidine groups is 1. The molecule has 0 aliphatic rings. The van der Waals surface area contributed by atoms with Gasteiger partial charge in [0.15, 0.2) is 5.17 Å². The third-order valence-corrected chi connectivity index (χ3v) is 5.03. The van der Waals surface area contributed by atoms with Crippen LogP contribution in [0.2, 0.25) is 0 Å². The van der Waals surface area contributed by atoms with Crippen LogP contribution in [0.3, 0.4) is 0 Å². The van der Waals surface area contributed by atoms with Crippen molar-refractivity contribution in [1.29, 1.82) is 10.8 Å². The second kappa shape index (κ2) is 10.3. The van der Waals surface area contributed by atoms with Gasteiger partial charge < -0.3 is 11.1 Å². The summed E-state index contributed by atoms with van der Waals surface area (Å²) in [6, 6.07) is 8.24. The van der Waals surface area contributed by atoms with Crippen molar-refractivity contribution in [3.63, 3.8) is 0 Å². The minimum absolute atomic E-state index is 0.0140. The van der Waals surface area contributed by atoms with Crippen LogP contribution in [-0.4, -0.2) is 34.7 Å². The molecule has 126 valence electrons. The number of hydrogen-bond acceptors (Lipinski definition) is 5. The molecule has 1 aromatic rings. The lowest BCUT2D eigenvalue weighted by Crippen LogP contribution is -2.21. The fourth-order valence-electron chi connectivity index (χ4n) is 2.06. The molecule has 23 heavy (non-hydrogen) atoms. The predicted molar refractivity (Wildman–Crippen MR) is 102 cm³/mol. The van der Waals surface area contributed by atoms with Crippen LogP contribution in [0.4, 0.5) is 0 Å². The molecule has 1 amide bonds. The van der Waals surface area contributed by atoms with Crippen molar-refractivity contribution in [1.82, 2.24) is 5.32 Å². The van der Waals surface area contributed by atoms with Gasteiger partial charge in [-0.15, -0.1) is 11.8 Å². The number of rotatable bonds is 8. The molecule has 0 fully saturated rings. The van der Waals surface area contributed by atoms with E-state index in [2.05, 4.69) is 29.6 Å². The zero-order valence-electron chi connectivity index (χ0n) is 13.5. The number of nitrogens with two attached hydrogens (primary N) is 1. The van der Waals surface area contributed by atoms with Gasteiger partial charge >= 0.3 is 0 Å². The van der Waals surface area contributed by atoms with Crippen molar-refractivity contribution < 1.29 is 4.79 Å². The van der Waals surface area contributed by atoms with Gasteiger partial charge in [0.1, 0.15) is 0 Å². The number of thioether (sulfide) groups is 2. The highest BCUT2D eigenvalue weighted by atomic mass is 32.2. The van der Waals surface area contributed by atoms with E-state index in [-0.39, 0.29) is 17.0 Å². The van der Waals surface area contributed by atoms with Crippen molar-refractivity contribution in [2.45, 2.75) is 25.7 Å². The van der Waals surface area contributed by atoms with Gasteiger partial charge in [-0.1, -0.05) is 36.0 Å². The van der Waals surface area contributed by atoms with Gasteiger partial charge in [0, 0.05) is 30.9 Å². The quantitative estimate of drug-likeness (QED) is 0.427. The first-order chi connectivity index (χ1) is 10.9. The van der Waals surface area contributed by atoms with E-state index in [1.54, 1.807) is 14.0 Å². The zero-order valence-corrected chi connectivity index (χ0v) is 15.2. The minimum Gasteiger partial charge on any atom is -0.379 e. The Morgan fingerprint density at radius 2 is 1.91 bits per heavy atom. The van der Waals surface area contributed by atoms with Crippen molar-refractivity contribution >= 4 is 39.6 Å². The molecule has 0 saturated carbocycles. The summed E-state index contributed by atoms with van der Waals surface area (Å²) in [5.74, 6) is 1.63. The van der Waals surface area contributed by atoms with Gasteiger partial charge in [-0.3, -0.25) is 15.6 Å². The Bertz CT molecular complexity index is 546. The molecule has 0 saturated heterocycles. The molecule has 1 atom stereocenters. The van der Waals surface area contributed by atoms with Gasteiger partial charge in [0.25, 0.3) is 0 Å². The van der Waals surface area contributed by atoms with Gasteiger partial charge in [0.05, 0.1) is 5.04 Å². The second-order valence-electron chi connectivity index (χ2n) is 5.15. The molecule has 1 aromatic carbocycles. The zero-order chi connectivity index (χ0) is 17.2. The average molecular weight is 353 g/mol. The molecule has 1 rings (SSSR count). The van der Waals surface area contributed by atoms with Crippen molar-refractivity contribution in [3.8, 4) is 0 Å². The molecule has 0 aliphatic carbocycles. The van der Waals surface area contributed by atoms with E-state index in [4.69, 9.17) is 16.6 Å². The topological polar surface area (TPSA) is 103 Å². The summed E-state index contributed by atoms with van der Waals surface area (Å²) in [4.78, 5) is 11.7. The third-order valence-electron chi connectivity index (χ3n) is 3.31. The Balaban J connectivity index is 2.70. The van der Waals surface area contributed by atoms with E-state index in [1.807, 2.05) is 0 Å². The first-order valence-electron chi connectivity index (χ1n) is 7.36. The van der Waals surface area contributed by atoms with E-state index < -0.39 is 0 Å². The number of carbonyl (C=O) groups excluding carboxylic acids is 1. The Hall–Kier alpha value is -1.47. The molecule has 0 unspecified atom stereocenters. The van der Waals surface area contributed by atoms with Gasteiger partial charge in [-0.05, 0) is 24.5 Å². The van der Waals surface area contributed by atoms with Crippen LogP contribution in [0.15, 0.2) is 24.3 Å². The lowest BCUT2D eigenvalue weighted by molar-refractivity contribution is -0.120. The lowest BCUT2D eigenvalue weighted by atomic mass is 9.96. The Labute approximate surface area is 146 Å². The fraction of sp³-hybridized carbons (Fsp3) is 0.438. The van der Waals surface area contributed by atoms with Crippen LogP contribution in [0.25, 0.3) is 0 Å². The maximum absolute atomic E-state index is 11.7. The Morgan fingerprint density at radius 3 is 2.43 bits per heavy atom. The van der Waals surface area contributed by atoms with Crippen LogP contribution < -0.4 is 11.1 Å². The number of benzene rings is 1. The van der Waals surface area contributed by atoms with Crippen molar-refractivity contribution in [2.75, 3.05) is 18.6 Å². The first kappa shape index (κ1) is 19.6. The molecule has 0 heterocycles. The van der Waals surface area contributed by atoms with Gasteiger partial charge in [0.2, 0.25) is 5.91 Å². The summed E-state index contributed by atoms with van der Waals surface area (Å²) < 4.78 is 0. The number of amides is 1. The number of aryl methyl sites for hydroxylation is 1. The Kier molecular flexibility index (Phi) is 8.79. The maximum Gasteiger partial charge on any atom is 0.220 e. The van der Waals surface area contributed by atoms with E-state index in [0.29, 0.717) is 11.5 Å². The molecule has 7 heteroatoms. The monoisotopic (exact) mass is 352 g/mol. The predicted octanol–water partition coefficient (Wildman–Crippen LogP) is 2.81. The third kappa shape index (κ3) is 8.08. The number of nitrogens with one attached hydrogen (secondary N) is 3. The van der Waals surface area contributed by atoms with Crippen LogP contribution >= 0.6 is 23.5 Å². The lowest BCUT2D eigenvalue weighted by Gasteiger charge is -2.16. The molecule has 0 bridgehead atoms. The highest BCUT2D eigenvalue weighted by Crippen LogP contribution is 2.25. The molecular formula is C16H24N4OS2. The highest BCUT2D eigenvalue weighted by molar-refractivity contribution is 8.13. The highest BCUT2D eigenvalue weighted by Gasteiger charge is 2.16. The summed E-state index contributed by atoms with van der Waals surface area (Å²) in [7, 11) is 1.64. The van der Waals surface area contributed by atoms with Crippen molar-refractivity contribution in [2.24, 2.45) is 5.73 Å². The molecule has 0 radical (unpaired) electrons. The molecule has 0 aromatic heterocycles. The summed E-state index contributed by atoms with van der Waals surface area (Å²) >= 11 is 2.81.